The van der Waals surface area contributed by atoms with Gasteiger partial charge in [-0.1, -0.05) is 72.8 Å². The maximum atomic E-state index is 2.40. The summed E-state index contributed by atoms with van der Waals surface area (Å²) in [5, 5.41) is 10.7. The van der Waals surface area contributed by atoms with Gasteiger partial charge in [0.15, 0.2) is 0 Å². The Morgan fingerprint density at radius 1 is 0.357 bits per heavy atom. The van der Waals surface area contributed by atoms with E-state index >= 15 is 0 Å². The monoisotopic (exact) mass is 352 g/mol. The largest absolute Gasteiger partial charge is 0.0616 e. The molecule has 0 fully saturated rings. The molecule has 0 spiro atoms. The Morgan fingerprint density at radius 2 is 1.00 bits per heavy atom. The van der Waals surface area contributed by atoms with E-state index in [-0.39, 0.29) is 0 Å². The van der Waals surface area contributed by atoms with Crippen molar-refractivity contribution in [3.05, 3.63) is 97.1 Å². The molecular formula is C28H16. The molecule has 6 aromatic rings. The first-order valence-electron chi connectivity index (χ1n) is 9.79. The summed E-state index contributed by atoms with van der Waals surface area (Å²) < 4.78 is 0. The molecule has 1 aliphatic carbocycles. The first kappa shape index (κ1) is 14.4. The first-order valence-corrected chi connectivity index (χ1v) is 9.79. The number of benzene rings is 6. The van der Waals surface area contributed by atoms with Gasteiger partial charge in [0.05, 0.1) is 0 Å². The molecule has 0 atom stereocenters. The Balaban J connectivity index is 1.82. The average Bonchev–Trinajstić information content (AvgIpc) is 3.08. The minimum Gasteiger partial charge on any atom is -0.0616 e. The predicted molar refractivity (Wildman–Crippen MR) is 121 cm³/mol. The quantitative estimate of drug-likeness (QED) is 0.192. The van der Waals surface area contributed by atoms with Crippen molar-refractivity contribution in [2.24, 2.45) is 0 Å². The van der Waals surface area contributed by atoms with Gasteiger partial charge in [0.25, 0.3) is 0 Å². The second-order valence-corrected chi connectivity index (χ2v) is 7.79. The Morgan fingerprint density at radius 3 is 1.86 bits per heavy atom. The molecule has 28 heavy (non-hydrogen) atoms. The topological polar surface area (TPSA) is 0 Å². The Kier molecular flexibility index (Phi) is 2.57. The highest BCUT2D eigenvalue weighted by atomic mass is 14.3. The predicted octanol–water partition coefficient (Wildman–Crippen LogP) is 7.95. The van der Waals surface area contributed by atoms with Gasteiger partial charge in [-0.25, -0.2) is 0 Å². The van der Waals surface area contributed by atoms with Gasteiger partial charge in [-0.2, -0.15) is 0 Å². The first-order chi connectivity index (χ1) is 13.9. The third-order valence-electron chi connectivity index (χ3n) is 6.31. The van der Waals surface area contributed by atoms with Gasteiger partial charge < -0.3 is 0 Å². The summed E-state index contributed by atoms with van der Waals surface area (Å²) in [4.78, 5) is 0. The maximum Gasteiger partial charge on any atom is -0.00135 e. The molecule has 0 radical (unpaired) electrons. The Hall–Kier alpha value is -3.64. The van der Waals surface area contributed by atoms with E-state index in [0.29, 0.717) is 0 Å². The highest BCUT2D eigenvalue weighted by Gasteiger charge is 2.24. The molecule has 6 aromatic carbocycles. The van der Waals surface area contributed by atoms with Crippen LogP contribution in [0.3, 0.4) is 0 Å². The molecule has 0 bridgehead atoms. The van der Waals surface area contributed by atoms with E-state index in [4.69, 9.17) is 0 Å². The Bertz CT molecular complexity index is 1600. The molecule has 0 aliphatic heterocycles. The minimum atomic E-state index is 1.30. The normalized spacial score (nSPS) is 12.3. The summed E-state index contributed by atoms with van der Waals surface area (Å²) in [5.41, 5.74) is 5.48. The number of rotatable bonds is 0. The molecule has 0 heteroatoms. The van der Waals surface area contributed by atoms with E-state index in [1.807, 2.05) is 0 Å². The highest BCUT2D eigenvalue weighted by molar-refractivity contribution is 6.30. The standard InChI is InChI=1S/C28H16/c1-2-8-18-14-24-20(13-17(18)7-1)16-25-21-10-4-3-9-19(21)15-26-22-11-5-6-12-23(22)27(24)28(25)26/h1-16H. The zero-order chi connectivity index (χ0) is 18.2. The fourth-order valence-corrected chi connectivity index (χ4v) is 5.11. The summed E-state index contributed by atoms with van der Waals surface area (Å²) in [6.45, 7) is 0. The van der Waals surface area contributed by atoms with Crippen molar-refractivity contribution in [1.82, 2.24) is 0 Å². The lowest BCUT2D eigenvalue weighted by molar-refractivity contribution is 1.71. The van der Waals surface area contributed by atoms with Crippen molar-refractivity contribution in [3.63, 3.8) is 0 Å². The molecule has 0 saturated heterocycles. The molecular weight excluding hydrogens is 336 g/mol. The molecule has 128 valence electrons. The lowest BCUT2D eigenvalue weighted by atomic mass is 9.91. The van der Waals surface area contributed by atoms with E-state index in [1.54, 1.807) is 0 Å². The van der Waals surface area contributed by atoms with E-state index in [0.717, 1.165) is 0 Å². The zero-order valence-electron chi connectivity index (χ0n) is 15.2. The van der Waals surface area contributed by atoms with Crippen molar-refractivity contribution in [1.29, 1.82) is 0 Å². The van der Waals surface area contributed by atoms with Crippen molar-refractivity contribution in [2.45, 2.75) is 0 Å². The zero-order valence-corrected chi connectivity index (χ0v) is 15.2. The molecule has 1 aliphatic rings. The molecule has 0 unspecified atom stereocenters. The van der Waals surface area contributed by atoms with Crippen LogP contribution in [0.2, 0.25) is 0 Å². The minimum absolute atomic E-state index is 1.30. The number of hydrogen-bond donors (Lipinski definition) is 0. The van der Waals surface area contributed by atoms with Gasteiger partial charge in [0.1, 0.15) is 0 Å². The molecule has 0 heterocycles. The molecule has 0 N–H and O–H groups in total. The van der Waals surface area contributed by atoms with Crippen LogP contribution in [-0.4, -0.2) is 0 Å². The number of fused-ring (bicyclic) bond motifs is 8. The van der Waals surface area contributed by atoms with Crippen LogP contribution in [0.1, 0.15) is 0 Å². The Labute approximate surface area is 162 Å². The second-order valence-electron chi connectivity index (χ2n) is 7.79. The average molecular weight is 352 g/mol. The lowest BCUT2D eigenvalue weighted by Gasteiger charge is -2.12. The molecule has 7 rings (SSSR count). The summed E-state index contributed by atoms with van der Waals surface area (Å²) >= 11 is 0. The fourth-order valence-electron chi connectivity index (χ4n) is 5.11. The molecule has 0 aromatic heterocycles. The molecule has 0 nitrogen and oxygen atoms in total. The van der Waals surface area contributed by atoms with Crippen LogP contribution in [0.4, 0.5) is 0 Å². The summed E-state index contributed by atoms with van der Waals surface area (Å²) in [6.07, 6.45) is 0. The fraction of sp³-hybridized carbons (Fsp3) is 0. The van der Waals surface area contributed by atoms with Crippen molar-refractivity contribution in [2.75, 3.05) is 0 Å². The number of hydrogen-bond acceptors (Lipinski definition) is 0. The molecule has 0 amide bonds. The van der Waals surface area contributed by atoms with Gasteiger partial charge in [-0.15, -0.1) is 0 Å². The van der Waals surface area contributed by atoms with Crippen LogP contribution in [0, 0.1) is 0 Å². The SMILES string of the molecule is c1ccc2c(c1)-c1cc3ccccc3c3cc4cc5ccccc5cc4c-2c13. The van der Waals surface area contributed by atoms with Gasteiger partial charge in [-0.05, 0) is 89.6 Å². The highest BCUT2D eigenvalue weighted by Crippen LogP contribution is 2.52. The van der Waals surface area contributed by atoms with Crippen LogP contribution >= 0.6 is 0 Å². The van der Waals surface area contributed by atoms with E-state index in [2.05, 4.69) is 97.1 Å². The van der Waals surface area contributed by atoms with Gasteiger partial charge >= 0.3 is 0 Å². The summed E-state index contributed by atoms with van der Waals surface area (Å²) in [7, 11) is 0. The smallest absolute Gasteiger partial charge is 0.00135 e. The second kappa shape index (κ2) is 4.99. The van der Waals surface area contributed by atoms with E-state index in [9.17, 15) is 0 Å². The lowest BCUT2D eigenvalue weighted by Crippen LogP contribution is -1.84. The maximum absolute atomic E-state index is 2.40. The van der Waals surface area contributed by atoms with Crippen molar-refractivity contribution in [3.8, 4) is 22.3 Å². The van der Waals surface area contributed by atoms with Gasteiger partial charge in [0, 0.05) is 0 Å². The molecule has 0 saturated carbocycles. The van der Waals surface area contributed by atoms with Crippen molar-refractivity contribution >= 4 is 43.1 Å². The van der Waals surface area contributed by atoms with Crippen LogP contribution in [0.5, 0.6) is 0 Å². The summed E-state index contributed by atoms with van der Waals surface area (Å²) in [5.74, 6) is 0. The van der Waals surface area contributed by atoms with Gasteiger partial charge in [-0.3, -0.25) is 0 Å². The van der Waals surface area contributed by atoms with Crippen LogP contribution < -0.4 is 0 Å². The van der Waals surface area contributed by atoms with Gasteiger partial charge in [0.2, 0.25) is 0 Å². The third kappa shape index (κ3) is 1.70. The van der Waals surface area contributed by atoms with Crippen molar-refractivity contribution < 1.29 is 0 Å². The van der Waals surface area contributed by atoms with Crippen LogP contribution in [0.15, 0.2) is 97.1 Å². The third-order valence-corrected chi connectivity index (χ3v) is 6.31. The van der Waals surface area contributed by atoms with Crippen LogP contribution in [0.25, 0.3) is 65.3 Å². The summed E-state index contributed by atoms with van der Waals surface area (Å²) in [6, 6.07) is 35.8. The van der Waals surface area contributed by atoms with E-state index in [1.165, 1.54) is 65.3 Å². The van der Waals surface area contributed by atoms with E-state index < -0.39 is 0 Å². The van der Waals surface area contributed by atoms with Crippen LogP contribution in [-0.2, 0) is 0 Å².